The number of amides is 1. The monoisotopic (exact) mass is 421 g/mol. The topological polar surface area (TPSA) is 78.8 Å². The Labute approximate surface area is 170 Å². The average molecular weight is 422 g/mol. The molecule has 2 aliphatic carbocycles. The van der Waals surface area contributed by atoms with Crippen LogP contribution in [0.5, 0.6) is 0 Å². The molecule has 2 heterocycles. The fourth-order valence-electron chi connectivity index (χ4n) is 5.51. The van der Waals surface area contributed by atoms with E-state index in [1.54, 1.807) is 18.2 Å². The normalized spacial score (nSPS) is 32.0. The van der Waals surface area contributed by atoms with E-state index < -0.39 is 15.6 Å². The standard InChI is InChI=1S/C20H24ClN3O3S/c21-15-2-1-3-16(12-15)28(26,27)24-8-6-20(7-9-24)19(25)22-18(23-20)17-11-13-4-5-14(17)10-13/h1-3,12-14,17H,4-11H2,(H,22,23,25)/t13-,14-,17+/m0/s1. The average Bonchev–Trinajstić information content (AvgIpc) is 3.38. The lowest BCUT2D eigenvalue weighted by Gasteiger charge is -2.34. The lowest BCUT2D eigenvalue weighted by molar-refractivity contribution is -0.125. The highest BCUT2D eigenvalue weighted by Gasteiger charge is 2.51. The maximum atomic E-state index is 12.9. The molecule has 3 atom stereocenters. The van der Waals surface area contributed by atoms with E-state index in [1.807, 2.05) is 0 Å². The summed E-state index contributed by atoms with van der Waals surface area (Å²) in [7, 11) is -3.62. The lowest BCUT2D eigenvalue weighted by Crippen LogP contribution is -2.50. The molecule has 1 N–H and O–H groups in total. The summed E-state index contributed by atoms with van der Waals surface area (Å²) >= 11 is 5.96. The Morgan fingerprint density at radius 3 is 2.61 bits per heavy atom. The SMILES string of the molecule is O=C1NC([C@@H]2C[C@H]3CC[C@H]2C3)=NC12CCN(S(=O)(=O)c1cccc(Cl)c1)CC2. The summed E-state index contributed by atoms with van der Waals surface area (Å²) in [5, 5.41) is 3.45. The van der Waals surface area contributed by atoms with Gasteiger partial charge in [0.05, 0.1) is 4.90 Å². The number of aliphatic imine (C=N–C) groups is 1. The van der Waals surface area contributed by atoms with E-state index in [2.05, 4.69) is 5.32 Å². The van der Waals surface area contributed by atoms with Gasteiger partial charge in [0.15, 0.2) is 0 Å². The third-order valence-electron chi connectivity index (χ3n) is 7.07. The summed E-state index contributed by atoms with van der Waals surface area (Å²) in [6, 6.07) is 6.31. The van der Waals surface area contributed by atoms with Gasteiger partial charge in [-0.1, -0.05) is 24.1 Å². The van der Waals surface area contributed by atoms with Crippen molar-refractivity contribution in [2.45, 2.75) is 49.0 Å². The van der Waals surface area contributed by atoms with Crippen LogP contribution < -0.4 is 5.32 Å². The molecule has 2 saturated carbocycles. The number of hydrogen-bond acceptors (Lipinski definition) is 4. The number of fused-ring (bicyclic) bond motifs is 2. The molecule has 4 aliphatic rings. The van der Waals surface area contributed by atoms with Gasteiger partial charge in [-0.3, -0.25) is 9.79 Å². The number of rotatable bonds is 3. The molecule has 2 aliphatic heterocycles. The molecule has 0 radical (unpaired) electrons. The Hall–Kier alpha value is -1.44. The molecule has 1 aromatic carbocycles. The first-order chi connectivity index (χ1) is 13.4. The number of hydrogen-bond donors (Lipinski definition) is 1. The van der Waals surface area contributed by atoms with E-state index in [-0.39, 0.29) is 23.9 Å². The van der Waals surface area contributed by atoms with E-state index in [1.165, 1.54) is 29.6 Å². The molecule has 150 valence electrons. The number of nitrogens with zero attached hydrogens (tertiary/aromatic N) is 2. The second-order valence-electron chi connectivity index (χ2n) is 8.63. The molecule has 1 spiro atoms. The Bertz CT molecular complexity index is 953. The molecule has 1 amide bonds. The van der Waals surface area contributed by atoms with Crippen molar-refractivity contribution in [3.05, 3.63) is 29.3 Å². The van der Waals surface area contributed by atoms with E-state index in [0.717, 1.165) is 18.2 Å². The van der Waals surface area contributed by atoms with Gasteiger partial charge in [0.25, 0.3) is 5.91 Å². The van der Waals surface area contributed by atoms with Gasteiger partial charge in [0, 0.05) is 24.0 Å². The molecular weight excluding hydrogens is 398 g/mol. The van der Waals surface area contributed by atoms with Crippen molar-refractivity contribution >= 4 is 33.4 Å². The number of sulfonamides is 1. The minimum Gasteiger partial charge on any atom is -0.312 e. The maximum Gasteiger partial charge on any atom is 0.253 e. The summed E-state index contributed by atoms with van der Waals surface area (Å²) in [6.45, 7) is 0.575. The zero-order chi connectivity index (χ0) is 19.5. The molecule has 1 aromatic rings. The van der Waals surface area contributed by atoms with Gasteiger partial charge in [-0.15, -0.1) is 0 Å². The van der Waals surface area contributed by atoms with Gasteiger partial charge < -0.3 is 5.32 Å². The predicted molar refractivity (Wildman–Crippen MR) is 107 cm³/mol. The third kappa shape index (κ3) is 2.90. The molecule has 28 heavy (non-hydrogen) atoms. The van der Waals surface area contributed by atoms with Gasteiger partial charge in [-0.25, -0.2) is 8.42 Å². The number of benzene rings is 1. The van der Waals surface area contributed by atoms with Crippen molar-refractivity contribution in [2.75, 3.05) is 13.1 Å². The van der Waals surface area contributed by atoms with Crippen LogP contribution in [0.25, 0.3) is 0 Å². The number of carbonyl (C=O) groups excluding carboxylic acids is 1. The molecular formula is C20H24ClN3O3S. The molecule has 1 saturated heterocycles. The quantitative estimate of drug-likeness (QED) is 0.815. The zero-order valence-corrected chi connectivity index (χ0v) is 17.2. The van der Waals surface area contributed by atoms with Crippen LogP contribution in [0.4, 0.5) is 0 Å². The zero-order valence-electron chi connectivity index (χ0n) is 15.6. The van der Waals surface area contributed by atoms with Crippen molar-refractivity contribution < 1.29 is 13.2 Å². The largest absolute Gasteiger partial charge is 0.312 e. The van der Waals surface area contributed by atoms with Gasteiger partial charge in [-0.2, -0.15) is 4.31 Å². The van der Waals surface area contributed by atoms with Crippen molar-refractivity contribution in [1.82, 2.24) is 9.62 Å². The number of halogens is 1. The molecule has 0 aromatic heterocycles. The molecule has 6 nitrogen and oxygen atoms in total. The fraction of sp³-hybridized carbons (Fsp3) is 0.600. The molecule has 0 unspecified atom stereocenters. The van der Waals surface area contributed by atoms with Gasteiger partial charge in [-0.05, 0) is 62.1 Å². The van der Waals surface area contributed by atoms with Gasteiger partial charge in [0.1, 0.15) is 11.4 Å². The van der Waals surface area contributed by atoms with Crippen LogP contribution in [0, 0.1) is 17.8 Å². The number of nitrogens with one attached hydrogen (secondary N) is 1. The molecule has 3 fully saturated rings. The highest BCUT2D eigenvalue weighted by atomic mass is 35.5. The van der Waals surface area contributed by atoms with E-state index >= 15 is 0 Å². The van der Waals surface area contributed by atoms with Gasteiger partial charge in [0.2, 0.25) is 10.0 Å². The van der Waals surface area contributed by atoms with Crippen molar-refractivity contribution in [1.29, 1.82) is 0 Å². The van der Waals surface area contributed by atoms with Crippen molar-refractivity contribution in [3.63, 3.8) is 0 Å². The summed E-state index contributed by atoms with van der Waals surface area (Å²) in [6.07, 6.45) is 5.78. The lowest BCUT2D eigenvalue weighted by atomic mass is 9.87. The van der Waals surface area contributed by atoms with Crippen LogP contribution in [-0.2, 0) is 14.8 Å². The van der Waals surface area contributed by atoms with E-state index in [9.17, 15) is 13.2 Å². The first kappa shape index (κ1) is 18.6. The first-order valence-corrected chi connectivity index (χ1v) is 11.9. The Morgan fingerprint density at radius 2 is 1.96 bits per heavy atom. The summed E-state index contributed by atoms with van der Waals surface area (Å²) in [4.78, 5) is 17.9. The van der Waals surface area contributed by atoms with Crippen molar-refractivity contribution in [2.24, 2.45) is 22.7 Å². The minimum absolute atomic E-state index is 0.0509. The van der Waals surface area contributed by atoms with Crippen LogP contribution >= 0.6 is 11.6 Å². The Balaban J connectivity index is 1.33. The van der Waals surface area contributed by atoms with Crippen LogP contribution in [-0.4, -0.2) is 43.1 Å². The number of carbonyl (C=O) groups is 1. The van der Waals surface area contributed by atoms with Gasteiger partial charge >= 0.3 is 0 Å². The van der Waals surface area contributed by atoms with Crippen LogP contribution in [0.3, 0.4) is 0 Å². The number of amidine groups is 1. The smallest absolute Gasteiger partial charge is 0.253 e. The molecule has 8 heteroatoms. The summed E-state index contributed by atoms with van der Waals surface area (Å²) in [5.41, 5.74) is -0.794. The third-order valence-corrected chi connectivity index (χ3v) is 9.20. The highest BCUT2D eigenvalue weighted by Crippen LogP contribution is 2.49. The van der Waals surface area contributed by atoms with Crippen molar-refractivity contribution in [3.8, 4) is 0 Å². The fourth-order valence-corrected chi connectivity index (χ4v) is 7.25. The Kier molecular flexibility index (Phi) is 4.34. The summed E-state index contributed by atoms with van der Waals surface area (Å²) in [5.74, 6) is 2.64. The highest BCUT2D eigenvalue weighted by molar-refractivity contribution is 7.89. The van der Waals surface area contributed by atoms with E-state index in [0.29, 0.717) is 29.7 Å². The molecule has 2 bridgehead atoms. The second kappa shape index (κ2) is 6.54. The maximum absolute atomic E-state index is 12.9. The van der Waals surface area contributed by atoms with Crippen LogP contribution in [0.1, 0.15) is 38.5 Å². The molecule has 5 rings (SSSR count). The Morgan fingerprint density at radius 1 is 1.18 bits per heavy atom. The second-order valence-corrected chi connectivity index (χ2v) is 11.0. The summed E-state index contributed by atoms with van der Waals surface area (Å²) < 4.78 is 27.3. The van der Waals surface area contributed by atoms with E-state index in [4.69, 9.17) is 16.6 Å². The minimum atomic E-state index is -3.62. The predicted octanol–water partition coefficient (Wildman–Crippen LogP) is 2.83. The first-order valence-electron chi connectivity index (χ1n) is 10.0. The van der Waals surface area contributed by atoms with Crippen LogP contribution in [0.15, 0.2) is 34.2 Å². The number of piperidine rings is 1. The van der Waals surface area contributed by atoms with Crippen LogP contribution in [0.2, 0.25) is 5.02 Å².